The molecule has 1 heterocycles. The maximum absolute atomic E-state index is 6.39. The largest absolute Gasteiger partial charge is 0.456 e. The molecule has 0 saturated carbocycles. The van der Waals surface area contributed by atoms with E-state index >= 15 is 0 Å². The van der Waals surface area contributed by atoms with Crippen molar-refractivity contribution >= 4 is 39.0 Å². The van der Waals surface area contributed by atoms with E-state index in [1.54, 1.807) is 0 Å². The number of nitrogens with zero attached hydrogens (tertiary/aromatic N) is 1. The standard InChI is InChI=1S/C61H41NO/c1-5-20-42(21-6-1)48-28-14-17-33-56(48)62(47-37-38-51-50-29-13-16-32-54(50)61(55(51)41-47,45-24-9-3-10-25-45)46-26-11-4-12-27-46)57-34-19-31-49(43-22-7-2-8-23-43)60(57)44-36-39-59-53(40-44)52-30-15-18-35-58(52)63-59/h1-41H. The van der Waals surface area contributed by atoms with Crippen molar-refractivity contribution in [1.82, 2.24) is 0 Å². The van der Waals surface area contributed by atoms with Crippen molar-refractivity contribution in [2.45, 2.75) is 5.41 Å². The molecule has 0 amide bonds. The molecule has 0 saturated heterocycles. The van der Waals surface area contributed by atoms with Gasteiger partial charge in [0.2, 0.25) is 0 Å². The van der Waals surface area contributed by atoms with Crippen molar-refractivity contribution in [2.75, 3.05) is 4.90 Å². The minimum Gasteiger partial charge on any atom is -0.456 e. The van der Waals surface area contributed by atoms with Gasteiger partial charge in [-0.15, -0.1) is 0 Å². The van der Waals surface area contributed by atoms with E-state index in [0.717, 1.165) is 72.4 Å². The van der Waals surface area contributed by atoms with E-state index in [1.807, 2.05) is 6.07 Å². The topological polar surface area (TPSA) is 16.4 Å². The van der Waals surface area contributed by atoms with Gasteiger partial charge in [-0.3, -0.25) is 0 Å². The quantitative estimate of drug-likeness (QED) is 0.152. The van der Waals surface area contributed by atoms with Gasteiger partial charge in [-0.1, -0.05) is 206 Å². The van der Waals surface area contributed by atoms with Crippen LogP contribution in [-0.4, -0.2) is 0 Å². The Morgan fingerprint density at radius 3 is 1.59 bits per heavy atom. The van der Waals surface area contributed by atoms with Crippen LogP contribution in [0.1, 0.15) is 22.3 Å². The maximum Gasteiger partial charge on any atom is 0.135 e. The lowest BCUT2D eigenvalue weighted by Gasteiger charge is -2.35. The monoisotopic (exact) mass is 803 g/mol. The van der Waals surface area contributed by atoms with Gasteiger partial charge in [0.25, 0.3) is 0 Å². The molecule has 63 heavy (non-hydrogen) atoms. The molecule has 2 heteroatoms. The Hall–Kier alpha value is -8.20. The van der Waals surface area contributed by atoms with Gasteiger partial charge in [0.05, 0.1) is 16.8 Å². The van der Waals surface area contributed by atoms with E-state index in [4.69, 9.17) is 4.42 Å². The van der Waals surface area contributed by atoms with Crippen LogP contribution < -0.4 is 4.90 Å². The highest BCUT2D eigenvalue weighted by atomic mass is 16.3. The Kier molecular flexibility index (Phi) is 8.76. The fourth-order valence-corrected chi connectivity index (χ4v) is 10.3. The van der Waals surface area contributed by atoms with Crippen LogP contribution in [0.4, 0.5) is 17.1 Å². The zero-order chi connectivity index (χ0) is 41.7. The van der Waals surface area contributed by atoms with E-state index in [9.17, 15) is 0 Å². The third kappa shape index (κ3) is 5.87. The predicted octanol–water partition coefficient (Wildman–Crippen LogP) is 16.4. The number of rotatable bonds is 8. The first-order valence-electron chi connectivity index (χ1n) is 21.7. The number of anilines is 3. The third-order valence-electron chi connectivity index (χ3n) is 13.0. The minimum absolute atomic E-state index is 0.558. The molecule has 0 unspecified atom stereocenters. The molecule has 0 bridgehead atoms. The maximum atomic E-state index is 6.39. The summed E-state index contributed by atoms with van der Waals surface area (Å²) in [6.07, 6.45) is 0. The Morgan fingerprint density at radius 2 is 0.857 bits per heavy atom. The summed E-state index contributed by atoms with van der Waals surface area (Å²) in [7, 11) is 0. The summed E-state index contributed by atoms with van der Waals surface area (Å²) in [4.78, 5) is 2.51. The van der Waals surface area contributed by atoms with Crippen LogP contribution >= 0.6 is 0 Å². The van der Waals surface area contributed by atoms with E-state index < -0.39 is 5.41 Å². The number of hydrogen-bond donors (Lipinski definition) is 0. The number of para-hydroxylation sites is 2. The Morgan fingerprint density at radius 1 is 0.317 bits per heavy atom. The summed E-state index contributed by atoms with van der Waals surface area (Å²) in [6.45, 7) is 0. The molecule has 1 aliphatic carbocycles. The zero-order valence-electron chi connectivity index (χ0n) is 34.5. The van der Waals surface area contributed by atoms with Crippen LogP contribution in [0.25, 0.3) is 66.4 Å². The van der Waals surface area contributed by atoms with Crippen molar-refractivity contribution in [3.63, 3.8) is 0 Å². The lowest BCUT2D eigenvalue weighted by Crippen LogP contribution is -2.28. The molecule has 0 atom stereocenters. The fourth-order valence-electron chi connectivity index (χ4n) is 10.3. The molecule has 296 valence electrons. The van der Waals surface area contributed by atoms with Crippen molar-refractivity contribution in [1.29, 1.82) is 0 Å². The molecule has 1 aliphatic rings. The summed E-state index contributed by atoms with van der Waals surface area (Å²) in [6, 6.07) is 90.5. The van der Waals surface area contributed by atoms with Crippen LogP contribution in [-0.2, 0) is 5.41 Å². The van der Waals surface area contributed by atoms with Crippen LogP contribution in [0, 0.1) is 0 Å². The Labute approximate surface area is 367 Å². The van der Waals surface area contributed by atoms with E-state index in [0.29, 0.717) is 0 Å². The number of fused-ring (bicyclic) bond motifs is 6. The first-order chi connectivity index (χ1) is 31.3. The lowest BCUT2D eigenvalue weighted by molar-refractivity contribution is 0.669. The van der Waals surface area contributed by atoms with Crippen molar-refractivity contribution in [3.8, 4) is 44.5 Å². The summed E-state index contributed by atoms with van der Waals surface area (Å²) in [5, 5.41) is 2.20. The number of hydrogen-bond acceptors (Lipinski definition) is 2. The minimum atomic E-state index is -0.558. The summed E-state index contributed by atoms with van der Waals surface area (Å²) in [5.74, 6) is 0. The molecule has 0 fully saturated rings. The molecule has 0 N–H and O–H groups in total. The highest BCUT2D eigenvalue weighted by Gasteiger charge is 2.46. The molecule has 0 spiro atoms. The van der Waals surface area contributed by atoms with Crippen LogP contribution in [0.3, 0.4) is 0 Å². The van der Waals surface area contributed by atoms with Crippen molar-refractivity contribution in [2.24, 2.45) is 0 Å². The summed E-state index contributed by atoms with van der Waals surface area (Å²) < 4.78 is 6.39. The second-order valence-corrected chi connectivity index (χ2v) is 16.4. The zero-order valence-corrected chi connectivity index (χ0v) is 34.5. The highest BCUT2D eigenvalue weighted by Crippen LogP contribution is 2.58. The van der Waals surface area contributed by atoms with Gasteiger partial charge < -0.3 is 9.32 Å². The Bertz CT molecular complexity index is 3400. The van der Waals surface area contributed by atoms with Gasteiger partial charge in [0.15, 0.2) is 0 Å². The SMILES string of the molecule is c1ccc(-c2ccccc2N(c2ccc3c(c2)C(c2ccccc2)(c2ccccc2)c2ccccc2-3)c2cccc(-c3ccccc3)c2-c2ccc3oc4ccccc4c3c2)cc1. The van der Waals surface area contributed by atoms with Crippen LogP contribution in [0.15, 0.2) is 253 Å². The van der Waals surface area contributed by atoms with Gasteiger partial charge in [-0.05, 0) is 98.1 Å². The second-order valence-electron chi connectivity index (χ2n) is 16.4. The average molecular weight is 804 g/mol. The second kappa shape index (κ2) is 15.1. The molecular formula is C61H41NO. The fraction of sp³-hybridized carbons (Fsp3) is 0.0164. The molecule has 11 aromatic rings. The van der Waals surface area contributed by atoms with E-state index in [1.165, 1.54) is 33.4 Å². The molecule has 0 aliphatic heterocycles. The van der Waals surface area contributed by atoms with E-state index in [-0.39, 0.29) is 0 Å². The van der Waals surface area contributed by atoms with Gasteiger partial charge in [0, 0.05) is 27.6 Å². The van der Waals surface area contributed by atoms with E-state index in [2.05, 4.69) is 248 Å². The van der Waals surface area contributed by atoms with Gasteiger partial charge in [0.1, 0.15) is 11.2 Å². The molecule has 12 rings (SSSR count). The first-order valence-corrected chi connectivity index (χ1v) is 21.7. The highest BCUT2D eigenvalue weighted by molar-refractivity contribution is 6.08. The van der Waals surface area contributed by atoms with Gasteiger partial charge >= 0.3 is 0 Å². The Balaban J connectivity index is 1.19. The number of benzene rings is 10. The average Bonchev–Trinajstić information content (AvgIpc) is 3.88. The first kappa shape index (κ1) is 36.6. The molecule has 2 nitrogen and oxygen atoms in total. The van der Waals surface area contributed by atoms with Gasteiger partial charge in [-0.25, -0.2) is 0 Å². The summed E-state index contributed by atoms with van der Waals surface area (Å²) in [5.41, 5.74) is 18.8. The van der Waals surface area contributed by atoms with Crippen LogP contribution in [0.2, 0.25) is 0 Å². The predicted molar refractivity (Wildman–Crippen MR) is 262 cm³/mol. The number of furan rings is 1. The molecule has 1 aromatic heterocycles. The normalized spacial score (nSPS) is 12.6. The lowest BCUT2D eigenvalue weighted by atomic mass is 9.67. The van der Waals surface area contributed by atoms with Gasteiger partial charge in [-0.2, -0.15) is 0 Å². The van der Waals surface area contributed by atoms with Crippen molar-refractivity contribution in [3.05, 3.63) is 271 Å². The molecule has 0 radical (unpaired) electrons. The van der Waals surface area contributed by atoms with Crippen LogP contribution in [0.5, 0.6) is 0 Å². The molecule has 10 aromatic carbocycles. The van der Waals surface area contributed by atoms with Crippen molar-refractivity contribution < 1.29 is 4.42 Å². The third-order valence-corrected chi connectivity index (χ3v) is 13.0. The smallest absolute Gasteiger partial charge is 0.135 e. The molecular weight excluding hydrogens is 763 g/mol. The summed E-state index contributed by atoms with van der Waals surface area (Å²) >= 11 is 0.